The van der Waals surface area contributed by atoms with Crippen LogP contribution < -0.4 is 5.32 Å². The van der Waals surface area contributed by atoms with Crippen molar-refractivity contribution < 1.29 is 4.21 Å². The van der Waals surface area contributed by atoms with Crippen molar-refractivity contribution in [3.05, 3.63) is 46.9 Å². The topological polar surface area (TPSA) is 29.1 Å². The summed E-state index contributed by atoms with van der Waals surface area (Å²) < 4.78 is 12.9. The van der Waals surface area contributed by atoms with Crippen molar-refractivity contribution in [3.63, 3.8) is 0 Å². The molecular weight excluding hydrogens is 266 g/mol. The fraction of sp³-hybridized carbons (Fsp3) is 0.471. The molecule has 2 atom stereocenters. The second-order valence-electron chi connectivity index (χ2n) is 5.86. The van der Waals surface area contributed by atoms with Gasteiger partial charge in [0.1, 0.15) is 0 Å². The first-order chi connectivity index (χ1) is 9.27. The molecule has 0 aliphatic heterocycles. The fourth-order valence-electron chi connectivity index (χ4n) is 2.18. The molecule has 1 N–H and O–H groups in total. The molecule has 1 rings (SSSR count). The van der Waals surface area contributed by atoms with E-state index in [0.717, 1.165) is 24.2 Å². The van der Waals surface area contributed by atoms with E-state index in [0.29, 0.717) is 10.9 Å². The summed E-state index contributed by atoms with van der Waals surface area (Å²) in [7, 11) is -2.46. The van der Waals surface area contributed by atoms with Gasteiger partial charge in [0.2, 0.25) is 0 Å². The number of allylic oxidation sites excluding steroid dienone is 4. The number of nitrogens with one attached hydrogen (secondary N) is 1. The van der Waals surface area contributed by atoms with E-state index in [-0.39, 0.29) is 6.04 Å². The SMILES string of the molecule is C=CC(CC(C)C)NC(=C)S(=C)(=O)C1=CC=C(C)CC1. The molecule has 112 valence electrons. The maximum absolute atomic E-state index is 12.9. The molecule has 0 amide bonds. The Morgan fingerprint density at radius 1 is 1.45 bits per heavy atom. The van der Waals surface area contributed by atoms with Crippen LogP contribution in [0.15, 0.2) is 46.9 Å². The standard InChI is InChI=1S/C17H27NOS/c1-7-16(12-13(2)3)18-15(5)20(6,19)17-10-8-14(4)9-11-17/h7-8,10,13,16,18H,1,5-6,9,11-12H2,2-4H3. The Kier molecular flexibility index (Phi) is 5.88. The van der Waals surface area contributed by atoms with Gasteiger partial charge in [0.05, 0.1) is 5.03 Å². The van der Waals surface area contributed by atoms with E-state index >= 15 is 0 Å². The molecule has 0 aromatic rings. The monoisotopic (exact) mass is 293 g/mol. The summed E-state index contributed by atoms with van der Waals surface area (Å²) in [6.07, 6.45) is 8.50. The van der Waals surface area contributed by atoms with Crippen molar-refractivity contribution in [1.82, 2.24) is 5.32 Å². The first-order valence-corrected chi connectivity index (χ1v) is 8.81. The van der Waals surface area contributed by atoms with Gasteiger partial charge in [0, 0.05) is 20.5 Å². The Morgan fingerprint density at radius 2 is 2.10 bits per heavy atom. The highest BCUT2D eigenvalue weighted by Gasteiger charge is 2.19. The average molecular weight is 293 g/mol. The summed E-state index contributed by atoms with van der Waals surface area (Å²) in [4.78, 5) is 0.882. The highest BCUT2D eigenvalue weighted by atomic mass is 32.2. The third-order valence-corrected chi connectivity index (χ3v) is 5.60. The van der Waals surface area contributed by atoms with Crippen LogP contribution in [0, 0.1) is 5.92 Å². The minimum Gasteiger partial charge on any atom is -0.372 e. The Labute approximate surface area is 124 Å². The average Bonchev–Trinajstić information content (AvgIpc) is 2.37. The molecule has 2 nitrogen and oxygen atoms in total. The summed E-state index contributed by atoms with van der Waals surface area (Å²) >= 11 is 0. The van der Waals surface area contributed by atoms with Gasteiger partial charge >= 0.3 is 0 Å². The van der Waals surface area contributed by atoms with E-state index in [1.54, 1.807) is 0 Å². The molecular formula is C17H27NOS. The molecule has 20 heavy (non-hydrogen) atoms. The molecule has 1 aliphatic rings. The van der Waals surface area contributed by atoms with Crippen LogP contribution in [0.5, 0.6) is 0 Å². The van der Waals surface area contributed by atoms with Gasteiger partial charge in [-0.2, -0.15) is 0 Å². The van der Waals surface area contributed by atoms with Gasteiger partial charge in [-0.1, -0.05) is 44.2 Å². The molecule has 0 aromatic heterocycles. The van der Waals surface area contributed by atoms with Crippen LogP contribution in [-0.4, -0.2) is 16.1 Å². The summed E-state index contributed by atoms with van der Waals surface area (Å²) in [6.45, 7) is 14.2. The van der Waals surface area contributed by atoms with E-state index in [2.05, 4.69) is 45.1 Å². The second-order valence-corrected chi connectivity index (χ2v) is 8.23. The van der Waals surface area contributed by atoms with Crippen LogP contribution in [0.2, 0.25) is 0 Å². The normalized spacial score (nSPS) is 19.6. The van der Waals surface area contributed by atoms with Gasteiger partial charge in [-0.3, -0.25) is 4.21 Å². The van der Waals surface area contributed by atoms with Gasteiger partial charge in [-0.15, -0.1) is 6.58 Å². The van der Waals surface area contributed by atoms with Gasteiger partial charge in [0.15, 0.2) is 0 Å². The number of rotatable bonds is 7. The third-order valence-electron chi connectivity index (χ3n) is 3.50. The molecule has 0 saturated carbocycles. The van der Waals surface area contributed by atoms with Crippen molar-refractivity contribution in [2.24, 2.45) is 5.92 Å². The summed E-state index contributed by atoms with van der Waals surface area (Å²) in [5.74, 6) is 4.46. The lowest BCUT2D eigenvalue weighted by Crippen LogP contribution is -2.31. The number of hydrogen-bond acceptors (Lipinski definition) is 2. The zero-order valence-corrected chi connectivity index (χ0v) is 13.8. The predicted octanol–water partition coefficient (Wildman–Crippen LogP) is 3.99. The molecule has 0 fully saturated rings. The van der Waals surface area contributed by atoms with E-state index in [9.17, 15) is 4.21 Å². The van der Waals surface area contributed by atoms with Gasteiger partial charge < -0.3 is 5.32 Å². The van der Waals surface area contributed by atoms with Crippen LogP contribution in [0.25, 0.3) is 0 Å². The quantitative estimate of drug-likeness (QED) is 0.568. The van der Waals surface area contributed by atoms with Crippen molar-refractivity contribution in [2.75, 3.05) is 0 Å². The molecule has 0 saturated heterocycles. The van der Waals surface area contributed by atoms with Crippen LogP contribution in [0.3, 0.4) is 0 Å². The summed E-state index contributed by atoms with van der Waals surface area (Å²) in [5, 5.41) is 3.75. The highest BCUT2D eigenvalue weighted by molar-refractivity contribution is 8.07. The molecule has 0 radical (unpaired) electrons. The van der Waals surface area contributed by atoms with E-state index < -0.39 is 9.52 Å². The lowest BCUT2D eigenvalue weighted by atomic mass is 10.0. The van der Waals surface area contributed by atoms with Crippen LogP contribution in [-0.2, 0) is 9.52 Å². The zero-order valence-electron chi connectivity index (χ0n) is 12.9. The van der Waals surface area contributed by atoms with E-state index in [1.165, 1.54) is 5.57 Å². The van der Waals surface area contributed by atoms with Crippen molar-refractivity contribution in [3.8, 4) is 0 Å². The molecule has 1 aliphatic carbocycles. The van der Waals surface area contributed by atoms with Gasteiger partial charge in [-0.25, -0.2) is 0 Å². The molecule has 2 unspecified atom stereocenters. The molecule has 0 heterocycles. The molecule has 3 heteroatoms. The van der Waals surface area contributed by atoms with Gasteiger partial charge in [-0.05, 0) is 38.0 Å². The Bertz CT molecular complexity index is 535. The lowest BCUT2D eigenvalue weighted by Gasteiger charge is -2.24. The third kappa shape index (κ3) is 4.41. The first kappa shape index (κ1) is 16.8. The minimum absolute atomic E-state index is 0.0894. The van der Waals surface area contributed by atoms with Crippen molar-refractivity contribution >= 4 is 15.4 Å². The van der Waals surface area contributed by atoms with E-state index in [4.69, 9.17) is 0 Å². The first-order valence-electron chi connectivity index (χ1n) is 7.09. The highest BCUT2D eigenvalue weighted by Crippen LogP contribution is 2.26. The predicted molar refractivity (Wildman–Crippen MR) is 92.1 cm³/mol. The Balaban J connectivity index is 2.82. The van der Waals surface area contributed by atoms with Crippen LogP contribution in [0.4, 0.5) is 0 Å². The fourth-order valence-corrected chi connectivity index (χ4v) is 3.56. The maximum atomic E-state index is 12.9. The molecule has 0 spiro atoms. The van der Waals surface area contributed by atoms with E-state index in [1.807, 2.05) is 18.2 Å². The van der Waals surface area contributed by atoms with Crippen LogP contribution in [0.1, 0.15) is 40.0 Å². The largest absolute Gasteiger partial charge is 0.372 e. The Hall–Kier alpha value is -1.22. The smallest absolute Gasteiger partial charge is 0.0885 e. The Morgan fingerprint density at radius 3 is 2.55 bits per heavy atom. The van der Waals surface area contributed by atoms with Crippen molar-refractivity contribution in [2.45, 2.75) is 46.1 Å². The molecule has 0 aromatic carbocycles. The van der Waals surface area contributed by atoms with Crippen LogP contribution >= 0.6 is 0 Å². The van der Waals surface area contributed by atoms with Crippen molar-refractivity contribution in [1.29, 1.82) is 0 Å². The zero-order chi connectivity index (χ0) is 15.3. The maximum Gasteiger partial charge on any atom is 0.0885 e. The minimum atomic E-state index is -2.46. The summed E-state index contributed by atoms with van der Waals surface area (Å²) in [5.41, 5.74) is 1.31. The number of hydrogen-bond donors (Lipinski definition) is 1. The molecule has 0 bridgehead atoms. The lowest BCUT2D eigenvalue weighted by molar-refractivity contribution is 0.508. The van der Waals surface area contributed by atoms with Gasteiger partial charge in [0.25, 0.3) is 0 Å². The second kappa shape index (κ2) is 6.98. The summed E-state index contributed by atoms with van der Waals surface area (Å²) in [6, 6.07) is 0.0894.